The Balaban J connectivity index is 1.73. The number of phenols is 1. The van der Waals surface area contributed by atoms with Crippen LogP contribution in [-0.4, -0.2) is 55.7 Å². The second-order valence-electron chi connectivity index (χ2n) is 7.41. The van der Waals surface area contributed by atoms with E-state index < -0.39 is 27.3 Å². The number of anilines is 2. The number of carboxylic acid groups (broad SMARTS) is 1. The molecule has 0 aliphatic carbocycles. The minimum Gasteiger partial charge on any atom is -0.506 e. The van der Waals surface area contributed by atoms with E-state index in [1.54, 1.807) is 18.2 Å². The fourth-order valence-electron chi connectivity index (χ4n) is 3.62. The van der Waals surface area contributed by atoms with Crippen molar-refractivity contribution in [1.29, 1.82) is 0 Å². The van der Waals surface area contributed by atoms with Crippen molar-refractivity contribution in [3.8, 4) is 5.75 Å². The Hall–Kier alpha value is -2.30. The quantitative estimate of drug-likeness (QED) is 0.376. The topological polar surface area (TPSA) is 119 Å². The first kappa shape index (κ1) is 23.4. The number of carbonyl (C=O) groups is 1. The van der Waals surface area contributed by atoms with Gasteiger partial charge in [-0.1, -0.05) is 18.6 Å². The summed E-state index contributed by atoms with van der Waals surface area (Å²) in [4.78, 5) is 14.0. The summed E-state index contributed by atoms with van der Waals surface area (Å²) in [5, 5.41) is 22.6. The maximum atomic E-state index is 13.0. The molecule has 0 bridgehead atoms. The molecule has 2 aromatic carbocycles. The number of para-hydroxylation sites is 1. The zero-order chi connectivity index (χ0) is 22.4. The molecule has 1 fully saturated rings. The van der Waals surface area contributed by atoms with Gasteiger partial charge in [0.05, 0.1) is 15.8 Å². The molecule has 8 nitrogen and oxygen atoms in total. The van der Waals surface area contributed by atoms with Crippen molar-refractivity contribution in [3.05, 3.63) is 46.4 Å². The van der Waals surface area contributed by atoms with Crippen molar-refractivity contribution in [2.45, 2.75) is 30.6 Å². The van der Waals surface area contributed by atoms with Gasteiger partial charge >= 0.3 is 5.97 Å². The Morgan fingerprint density at radius 2 is 1.77 bits per heavy atom. The molecule has 2 aromatic rings. The van der Waals surface area contributed by atoms with Crippen LogP contribution in [0.4, 0.5) is 11.4 Å². The van der Waals surface area contributed by atoms with Gasteiger partial charge in [-0.05, 0) is 79.1 Å². The maximum Gasteiger partial charge on any atom is 0.341 e. The van der Waals surface area contributed by atoms with Crippen LogP contribution in [0.5, 0.6) is 5.75 Å². The second-order valence-corrected chi connectivity index (χ2v) is 9.91. The summed E-state index contributed by atoms with van der Waals surface area (Å²) in [7, 11) is -4.10. The standard InChI is InChI=1S/C21H26BrN3O5S/c22-15-9-10-17(19(20(15)26)21(27)28)24-31(29,30)18-8-3-2-7-16(18)23-11-6-14-25-12-4-1-5-13-25/h2-3,7-10,23-24,26H,1,4-6,11-14H2,(H,27,28). The third kappa shape index (κ3) is 5.90. The van der Waals surface area contributed by atoms with Crippen LogP contribution in [0, 0.1) is 0 Å². The van der Waals surface area contributed by atoms with Crippen molar-refractivity contribution >= 4 is 43.3 Å². The molecule has 3 rings (SSSR count). The van der Waals surface area contributed by atoms with Crippen LogP contribution in [0.1, 0.15) is 36.0 Å². The Morgan fingerprint density at radius 3 is 2.48 bits per heavy atom. The Morgan fingerprint density at radius 1 is 1.06 bits per heavy atom. The fraction of sp³-hybridized carbons (Fsp3) is 0.381. The summed E-state index contributed by atoms with van der Waals surface area (Å²) in [5.41, 5.74) is -0.301. The molecule has 1 heterocycles. The highest BCUT2D eigenvalue weighted by Gasteiger charge is 2.24. The molecule has 0 atom stereocenters. The molecule has 1 aliphatic heterocycles. The number of sulfonamides is 1. The van der Waals surface area contributed by atoms with E-state index in [1.165, 1.54) is 37.5 Å². The summed E-state index contributed by atoms with van der Waals surface area (Å²) in [6.45, 7) is 3.80. The molecular formula is C21H26BrN3O5S. The molecule has 1 saturated heterocycles. The zero-order valence-electron chi connectivity index (χ0n) is 17.0. The summed E-state index contributed by atoms with van der Waals surface area (Å²) in [6, 6.07) is 9.13. The smallest absolute Gasteiger partial charge is 0.341 e. The molecule has 10 heteroatoms. The van der Waals surface area contributed by atoms with Crippen LogP contribution in [0.2, 0.25) is 0 Å². The van der Waals surface area contributed by atoms with Gasteiger partial charge in [-0.15, -0.1) is 0 Å². The average molecular weight is 512 g/mol. The highest BCUT2D eigenvalue weighted by molar-refractivity contribution is 9.10. The number of halogens is 1. The number of nitrogens with zero attached hydrogens (tertiary/aromatic N) is 1. The average Bonchev–Trinajstić information content (AvgIpc) is 2.74. The first-order valence-electron chi connectivity index (χ1n) is 10.1. The molecule has 4 N–H and O–H groups in total. The van der Waals surface area contributed by atoms with Gasteiger partial charge in [0.15, 0.2) is 0 Å². The minimum absolute atomic E-state index is 0.00622. The van der Waals surface area contributed by atoms with Crippen molar-refractivity contribution in [1.82, 2.24) is 4.90 Å². The van der Waals surface area contributed by atoms with Crippen LogP contribution in [0.3, 0.4) is 0 Å². The Kier molecular flexibility index (Phi) is 7.79. The van der Waals surface area contributed by atoms with Gasteiger partial charge < -0.3 is 20.4 Å². The van der Waals surface area contributed by atoms with Crippen LogP contribution >= 0.6 is 15.9 Å². The number of nitrogens with one attached hydrogen (secondary N) is 2. The number of aromatic carboxylic acids is 1. The SMILES string of the molecule is O=C(O)c1c(NS(=O)(=O)c2ccccc2NCCCN2CCCCC2)ccc(Br)c1O. The van der Waals surface area contributed by atoms with Gasteiger partial charge in [-0.25, -0.2) is 13.2 Å². The van der Waals surface area contributed by atoms with Gasteiger partial charge in [0.2, 0.25) is 0 Å². The number of aromatic hydroxyl groups is 1. The highest BCUT2D eigenvalue weighted by atomic mass is 79.9. The third-order valence-corrected chi connectivity index (χ3v) is 7.24. The summed E-state index contributed by atoms with van der Waals surface area (Å²) in [5.74, 6) is -1.99. The zero-order valence-corrected chi connectivity index (χ0v) is 19.4. The lowest BCUT2D eigenvalue weighted by Crippen LogP contribution is -2.31. The summed E-state index contributed by atoms with van der Waals surface area (Å²) >= 11 is 3.04. The Labute approximate surface area is 190 Å². The lowest BCUT2D eigenvalue weighted by Gasteiger charge is -2.26. The maximum absolute atomic E-state index is 13.0. The van der Waals surface area contributed by atoms with Crippen LogP contribution in [0.25, 0.3) is 0 Å². The summed E-state index contributed by atoms with van der Waals surface area (Å²) in [6.07, 6.45) is 4.62. The van der Waals surface area contributed by atoms with Gasteiger partial charge in [-0.2, -0.15) is 0 Å². The predicted molar refractivity (Wildman–Crippen MR) is 123 cm³/mol. The van der Waals surface area contributed by atoms with Gasteiger partial charge in [-0.3, -0.25) is 4.72 Å². The van der Waals surface area contributed by atoms with Crippen LogP contribution in [-0.2, 0) is 10.0 Å². The second kappa shape index (κ2) is 10.3. The fourth-order valence-corrected chi connectivity index (χ4v) is 5.21. The first-order chi connectivity index (χ1) is 14.8. The number of benzene rings is 2. The molecule has 0 saturated carbocycles. The van der Waals surface area contributed by atoms with E-state index in [1.807, 2.05) is 0 Å². The van der Waals surface area contributed by atoms with Gasteiger partial charge in [0.1, 0.15) is 16.2 Å². The van der Waals surface area contributed by atoms with E-state index >= 15 is 0 Å². The van der Waals surface area contributed by atoms with Gasteiger partial charge in [0, 0.05) is 6.54 Å². The molecule has 0 unspecified atom stereocenters. The number of carboxylic acids is 1. The minimum atomic E-state index is -4.10. The molecule has 31 heavy (non-hydrogen) atoms. The van der Waals surface area contributed by atoms with E-state index in [4.69, 9.17) is 0 Å². The molecule has 0 aromatic heterocycles. The highest BCUT2D eigenvalue weighted by Crippen LogP contribution is 2.35. The normalized spacial score (nSPS) is 14.9. The number of piperidine rings is 1. The van der Waals surface area contributed by atoms with E-state index in [0.717, 1.165) is 26.1 Å². The van der Waals surface area contributed by atoms with Gasteiger partial charge in [0.25, 0.3) is 10.0 Å². The van der Waals surface area contributed by atoms with E-state index in [-0.39, 0.29) is 15.1 Å². The lowest BCUT2D eigenvalue weighted by molar-refractivity contribution is 0.0695. The molecule has 168 valence electrons. The Bertz CT molecular complexity index is 1040. The number of hydrogen-bond acceptors (Lipinski definition) is 6. The van der Waals surface area contributed by atoms with Crippen molar-refractivity contribution in [2.75, 3.05) is 36.2 Å². The van der Waals surface area contributed by atoms with Crippen molar-refractivity contribution in [3.63, 3.8) is 0 Å². The predicted octanol–water partition coefficient (Wildman–Crippen LogP) is 3.94. The van der Waals surface area contributed by atoms with Crippen LogP contribution < -0.4 is 10.0 Å². The first-order valence-corrected chi connectivity index (χ1v) is 12.4. The monoisotopic (exact) mass is 511 g/mol. The summed E-state index contributed by atoms with van der Waals surface area (Å²) < 4.78 is 28.5. The molecular weight excluding hydrogens is 486 g/mol. The van der Waals surface area contributed by atoms with Crippen LogP contribution in [0.15, 0.2) is 45.8 Å². The number of rotatable bonds is 9. The van der Waals surface area contributed by atoms with E-state index in [0.29, 0.717) is 12.2 Å². The lowest BCUT2D eigenvalue weighted by atomic mass is 10.1. The van der Waals surface area contributed by atoms with E-state index in [2.05, 4.69) is 30.9 Å². The molecule has 0 amide bonds. The third-order valence-electron chi connectivity index (χ3n) is 5.18. The van der Waals surface area contributed by atoms with E-state index in [9.17, 15) is 23.4 Å². The molecule has 0 spiro atoms. The van der Waals surface area contributed by atoms with Crippen molar-refractivity contribution in [2.24, 2.45) is 0 Å². The largest absolute Gasteiger partial charge is 0.506 e. The number of hydrogen-bond donors (Lipinski definition) is 4. The molecule has 1 aliphatic rings. The molecule has 0 radical (unpaired) electrons. The van der Waals surface area contributed by atoms with Crippen molar-refractivity contribution < 1.29 is 23.4 Å². The number of likely N-dealkylation sites (tertiary alicyclic amines) is 1.